The van der Waals surface area contributed by atoms with E-state index in [1.165, 1.54) is 16.3 Å². The Morgan fingerprint density at radius 2 is 1.63 bits per heavy atom. The summed E-state index contributed by atoms with van der Waals surface area (Å²) in [6, 6.07) is 24.9. The number of nitrogens with one attached hydrogen (secondary N) is 1. The number of H-pyrrole nitrogens is 1. The molecular formula is C22H17IN2OS. The van der Waals surface area contributed by atoms with Gasteiger partial charge >= 0.3 is 0 Å². The number of rotatable bonds is 5. The molecule has 1 aromatic heterocycles. The van der Waals surface area contributed by atoms with Crippen LogP contribution in [0.4, 0.5) is 0 Å². The Bertz CT molecular complexity index is 1140. The Morgan fingerprint density at radius 1 is 0.889 bits per heavy atom. The van der Waals surface area contributed by atoms with Crippen molar-refractivity contribution in [3.63, 3.8) is 0 Å². The second-order valence-electron chi connectivity index (χ2n) is 6.26. The fourth-order valence-corrected chi connectivity index (χ4v) is 4.21. The number of aromatic amines is 1. The number of fused-ring (bicyclic) bond motifs is 1. The van der Waals surface area contributed by atoms with Crippen LogP contribution in [0.2, 0.25) is 0 Å². The lowest BCUT2D eigenvalue weighted by Crippen LogP contribution is -2.16. The van der Waals surface area contributed by atoms with Gasteiger partial charge in [-0.3, -0.25) is 4.79 Å². The minimum atomic E-state index is -0.0717. The van der Waals surface area contributed by atoms with E-state index in [1.807, 2.05) is 30.3 Å². The van der Waals surface area contributed by atoms with Crippen molar-refractivity contribution in [2.45, 2.75) is 17.3 Å². The molecule has 1 heterocycles. The molecule has 3 nitrogen and oxygen atoms in total. The molecule has 0 amide bonds. The molecule has 0 bridgehead atoms. The molecule has 4 aromatic rings. The van der Waals surface area contributed by atoms with E-state index in [1.54, 1.807) is 11.8 Å². The maximum absolute atomic E-state index is 12.3. The van der Waals surface area contributed by atoms with Crippen LogP contribution < -0.4 is 5.56 Å². The molecule has 0 saturated carbocycles. The Balaban J connectivity index is 1.55. The van der Waals surface area contributed by atoms with E-state index in [0.29, 0.717) is 15.1 Å². The number of halogens is 1. The summed E-state index contributed by atoms with van der Waals surface area (Å²) in [7, 11) is 0. The van der Waals surface area contributed by atoms with Crippen LogP contribution in [0, 0.1) is 3.57 Å². The van der Waals surface area contributed by atoms with Gasteiger partial charge in [-0.1, -0.05) is 84.6 Å². The first-order valence-corrected chi connectivity index (χ1v) is 10.7. The summed E-state index contributed by atoms with van der Waals surface area (Å²) in [4.78, 5) is 19.9. The molecule has 0 aliphatic rings. The normalized spacial score (nSPS) is 11.0. The Morgan fingerprint density at radius 3 is 2.44 bits per heavy atom. The minimum absolute atomic E-state index is 0.0717. The van der Waals surface area contributed by atoms with E-state index in [0.717, 1.165) is 17.0 Å². The molecule has 1 N–H and O–H groups in total. The van der Waals surface area contributed by atoms with Crippen molar-refractivity contribution in [2.75, 3.05) is 0 Å². The standard InChI is InChI=1S/C22H17IN2OS/c23-20-19(13-15-6-2-1-3-7-15)24-22(25-21(20)26)27-14-16-10-11-17-8-4-5-9-18(17)12-16/h1-12H,13-14H2,(H,24,25,26). The molecule has 3 aromatic carbocycles. The highest BCUT2D eigenvalue weighted by Crippen LogP contribution is 2.23. The van der Waals surface area contributed by atoms with Gasteiger partial charge in [-0.05, 0) is 44.5 Å². The van der Waals surface area contributed by atoms with Crippen LogP contribution in [-0.2, 0) is 12.2 Å². The van der Waals surface area contributed by atoms with Gasteiger partial charge in [0.1, 0.15) is 3.57 Å². The second-order valence-corrected chi connectivity index (χ2v) is 8.31. The van der Waals surface area contributed by atoms with Crippen molar-refractivity contribution >= 4 is 45.1 Å². The molecule has 5 heteroatoms. The Kier molecular flexibility index (Phi) is 5.59. The molecule has 0 aliphatic carbocycles. The summed E-state index contributed by atoms with van der Waals surface area (Å²) >= 11 is 3.64. The Labute approximate surface area is 175 Å². The molecule has 4 rings (SSSR count). The minimum Gasteiger partial charge on any atom is -0.301 e. The van der Waals surface area contributed by atoms with Gasteiger partial charge in [-0.15, -0.1) is 0 Å². The maximum atomic E-state index is 12.3. The number of aromatic nitrogens is 2. The van der Waals surface area contributed by atoms with Crippen molar-refractivity contribution in [2.24, 2.45) is 0 Å². The van der Waals surface area contributed by atoms with Crippen LogP contribution in [0.3, 0.4) is 0 Å². The van der Waals surface area contributed by atoms with E-state index >= 15 is 0 Å². The van der Waals surface area contributed by atoms with Gasteiger partial charge in [0.05, 0.1) is 5.69 Å². The van der Waals surface area contributed by atoms with Gasteiger partial charge in [-0.2, -0.15) is 0 Å². The summed E-state index contributed by atoms with van der Waals surface area (Å²) in [5, 5.41) is 3.13. The quantitative estimate of drug-likeness (QED) is 0.234. The van der Waals surface area contributed by atoms with Crippen molar-refractivity contribution in [1.82, 2.24) is 9.97 Å². The Hall–Kier alpha value is -2.12. The monoisotopic (exact) mass is 484 g/mol. The highest BCUT2D eigenvalue weighted by molar-refractivity contribution is 14.1. The average molecular weight is 484 g/mol. The van der Waals surface area contributed by atoms with Crippen molar-refractivity contribution in [3.05, 3.63) is 104 Å². The molecule has 0 atom stereocenters. The lowest BCUT2D eigenvalue weighted by Gasteiger charge is -2.07. The van der Waals surface area contributed by atoms with Crippen molar-refractivity contribution in [3.8, 4) is 0 Å². The number of nitrogens with zero attached hydrogens (tertiary/aromatic N) is 1. The first kappa shape index (κ1) is 18.3. The highest BCUT2D eigenvalue weighted by Gasteiger charge is 2.10. The molecule has 0 saturated heterocycles. The predicted octanol–water partition coefficient (Wildman–Crippen LogP) is 5.41. The summed E-state index contributed by atoms with van der Waals surface area (Å²) in [6.07, 6.45) is 0.659. The van der Waals surface area contributed by atoms with Gasteiger partial charge in [-0.25, -0.2) is 4.98 Å². The second kappa shape index (κ2) is 8.27. The fourth-order valence-electron chi connectivity index (χ4n) is 2.94. The number of benzene rings is 3. The van der Waals surface area contributed by atoms with E-state index in [4.69, 9.17) is 4.98 Å². The van der Waals surface area contributed by atoms with Gasteiger partial charge in [0, 0.05) is 12.2 Å². The number of hydrogen-bond donors (Lipinski definition) is 1. The largest absolute Gasteiger partial charge is 0.301 e. The predicted molar refractivity (Wildman–Crippen MR) is 120 cm³/mol. The zero-order valence-corrected chi connectivity index (χ0v) is 17.5. The van der Waals surface area contributed by atoms with Gasteiger partial charge < -0.3 is 4.98 Å². The van der Waals surface area contributed by atoms with E-state index in [2.05, 4.69) is 70.0 Å². The topological polar surface area (TPSA) is 45.8 Å². The van der Waals surface area contributed by atoms with Gasteiger partial charge in [0.25, 0.3) is 5.56 Å². The first-order chi connectivity index (χ1) is 13.2. The fraction of sp³-hybridized carbons (Fsp3) is 0.0909. The van der Waals surface area contributed by atoms with Crippen LogP contribution in [0.1, 0.15) is 16.8 Å². The van der Waals surface area contributed by atoms with E-state index < -0.39 is 0 Å². The summed E-state index contributed by atoms with van der Waals surface area (Å²) in [6.45, 7) is 0. The first-order valence-electron chi connectivity index (χ1n) is 8.62. The molecule has 0 fully saturated rings. The third kappa shape index (κ3) is 4.42. The van der Waals surface area contributed by atoms with Gasteiger partial charge in [0.15, 0.2) is 5.16 Å². The third-order valence-electron chi connectivity index (χ3n) is 4.31. The zero-order chi connectivity index (χ0) is 18.6. The third-order valence-corrected chi connectivity index (χ3v) is 6.37. The lowest BCUT2D eigenvalue weighted by atomic mass is 10.1. The van der Waals surface area contributed by atoms with Crippen LogP contribution in [0.25, 0.3) is 10.8 Å². The van der Waals surface area contributed by atoms with Crippen LogP contribution in [0.15, 0.2) is 82.7 Å². The van der Waals surface area contributed by atoms with Crippen molar-refractivity contribution < 1.29 is 0 Å². The smallest absolute Gasteiger partial charge is 0.265 e. The summed E-state index contributed by atoms with van der Waals surface area (Å²) in [5.41, 5.74) is 3.12. The lowest BCUT2D eigenvalue weighted by molar-refractivity contribution is 0.866. The molecule has 134 valence electrons. The molecule has 0 unspecified atom stereocenters. The van der Waals surface area contributed by atoms with Crippen LogP contribution in [-0.4, -0.2) is 9.97 Å². The molecule has 0 radical (unpaired) electrons. The maximum Gasteiger partial charge on any atom is 0.265 e. The molecule has 0 spiro atoms. The van der Waals surface area contributed by atoms with E-state index in [-0.39, 0.29) is 5.56 Å². The van der Waals surface area contributed by atoms with Crippen LogP contribution in [0.5, 0.6) is 0 Å². The summed E-state index contributed by atoms with van der Waals surface area (Å²) in [5.74, 6) is 0.763. The molecular weight excluding hydrogens is 467 g/mol. The summed E-state index contributed by atoms with van der Waals surface area (Å²) < 4.78 is 0.659. The zero-order valence-electron chi connectivity index (χ0n) is 14.5. The molecule has 27 heavy (non-hydrogen) atoms. The van der Waals surface area contributed by atoms with Crippen molar-refractivity contribution in [1.29, 1.82) is 0 Å². The number of hydrogen-bond acceptors (Lipinski definition) is 3. The molecule has 0 aliphatic heterocycles. The number of thioether (sulfide) groups is 1. The van der Waals surface area contributed by atoms with Gasteiger partial charge in [0.2, 0.25) is 0 Å². The highest BCUT2D eigenvalue weighted by atomic mass is 127. The SMILES string of the molecule is O=c1[nH]c(SCc2ccc3ccccc3c2)nc(Cc2ccccc2)c1I. The van der Waals surface area contributed by atoms with E-state index in [9.17, 15) is 4.79 Å². The van der Waals surface area contributed by atoms with Crippen LogP contribution >= 0.6 is 34.4 Å². The average Bonchev–Trinajstić information content (AvgIpc) is 2.70.